The van der Waals surface area contributed by atoms with E-state index in [9.17, 15) is 4.79 Å². The predicted molar refractivity (Wildman–Crippen MR) is 68.5 cm³/mol. The van der Waals surface area contributed by atoms with Crippen LogP contribution in [0.1, 0.15) is 10.5 Å². The molecule has 0 atom stereocenters. The Balaban J connectivity index is 2.19. The minimum absolute atomic E-state index is 0.102. The highest BCUT2D eigenvalue weighted by molar-refractivity contribution is 9.10. The molecular weight excluding hydrogens is 300 g/mol. The molecule has 0 aliphatic rings. The number of benzene rings is 1. The number of aromatic nitrogens is 2. The van der Waals surface area contributed by atoms with Crippen molar-refractivity contribution in [3.63, 3.8) is 0 Å². The van der Waals surface area contributed by atoms with Crippen molar-refractivity contribution >= 4 is 32.8 Å². The van der Waals surface area contributed by atoms with Crippen LogP contribution in [0.5, 0.6) is 0 Å². The molecule has 2 N–H and O–H groups in total. The Morgan fingerprint density at radius 1 is 1.44 bits per heavy atom. The van der Waals surface area contributed by atoms with Gasteiger partial charge >= 0.3 is 5.97 Å². The van der Waals surface area contributed by atoms with Crippen molar-refractivity contribution in [1.29, 1.82) is 0 Å². The quantitative estimate of drug-likeness (QED) is 0.761. The number of carboxylic acids is 1. The summed E-state index contributed by atoms with van der Waals surface area (Å²) in [6, 6.07) is 7.16. The standard InChI is InChI=1S/C12H7BrN2O3/c13-8-3-1-2-6-7(5-14-11(6)8)10-4-9(12(16)17)15-18-10/h1-5,14H,(H,16,17). The van der Waals surface area contributed by atoms with Crippen molar-refractivity contribution in [2.24, 2.45) is 0 Å². The third-order valence-electron chi connectivity index (χ3n) is 2.66. The lowest BCUT2D eigenvalue weighted by Gasteiger charge is -1.94. The number of carbonyl (C=O) groups is 1. The van der Waals surface area contributed by atoms with Crippen molar-refractivity contribution in [3.8, 4) is 11.3 Å². The average Bonchev–Trinajstić information content (AvgIpc) is 2.94. The fourth-order valence-electron chi connectivity index (χ4n) is 1.82. The van der Waals surface area contributed by atoms with Crippen molar-refractivity contribution in [2.75, 3.05) is 0 Å². The van der Waals surface area contributed by atoms with Gasteiger partial charge in [-0.05, 0) is 22.0 Å². The van der Waals surface area contributed by atoms with Gasteiger partial charge in [-0.1, -0.05) is 17.3 Å². The number of halogens is 1. The summed E-state index contributed by atoms with van der Waals surface area (Å²) in [5.74, 6) is -0.678. The maximum absolute atomic E-state index is 10.8. The third-order valence-corrected chi connectivity index (χ3v) is 3.32. The number of aromatic amines is 1. The van der Waals surface area contributed by atoms with Gasteiger partial charge in [0, 0.05) is 27.7 Å². The van der Waals surface area contributed by atoms with Crippen LogP contribution in [0.2, 0.25) is 0 Å². The normalized spacial score (nSPS) is 10.9. The lowest BCUT2D eigenvalue weighted by atomic mass is 10.1. The Labute approximate surface area is 110 Å². The van der Waals surface area contributed by atoms with Gasteiger partial charge in [-0.2, -0.15) is 0 Å². The summed E-state index contributed by atoms with van der Waals surface area (Å²) in [5.41, 5.74) is 1.61. The highest BCUT2D eigenvalue weighted by atomic mass is 79.9. The second-order valence-corrected chi connectivity index (χ2v) is 4.60. The summed E-state index contributed by atoms with van der Waals surface area (Å²) in [7, 11) is 0. The predicted octanol–water partition coefficient (Wildman–Crippen LogP) is 3.28. The Kier molecular flexibility index (Phi) is 2.45. The summed E-state index contributed by atoms with van der Waals surface area (Å²) in [4.78, 5) is 13.9. The van der Waals surface area contributed by atoms with E-state index in [4.69, 9.17) is 9.63 Å². The Hall–Kier alpha value is -2.08. The van der Waals surface area contributed by atoms with Gasteiger partial charge in [0.05, 0.1) is 5.52 Å². The molecule has 0 fully saturated rings. The van der Waals surface area contributed by atoms with E-state index in [0.29, 0.717) is 5.76 Å². The van der Waals surface area contributed by atoms with Crippen molar-refractivity contribution in [1.82, 2.24) is 10.1 Å². The fraction of sp³-hybridized carbons (Fsp3) is 0. The second kappa shape index (κ2) is 3.99. The highest BCUT2D eigenvalue weighted by Crippen LogP contribution is 2.32. The maximum atomic E-state index is 10.8. The van der Waals surface area contributed by atoms with Crippen molar-refractivity contribution in [2.45, 2.75) is 0 Å². The molecule has 2 aromatic heterocycles. The van der Waals surface area contributed by atoms with Gasteiger partial charge in [-0.3, -0.25) is 0 Å². The van der Waals surface area contributed by atoms with Gasteiger partial charge in [-0.25, -0.2) is 4.79 Å². The van der Waals surface area contributed by atoms with Crippen molar-refractivity contribution in [3.05, 3.63) is 40.6 Å². The SMILES string of the molecule is O=C(O)c1cc(-c2c[nH]c3c(Br)cccc23)on1. The van der Waals surface area contributed by atoms with E-state index in [-0.39, 0.29) is 5.69 Å². The Morgan fingerprint density at radius 2 is 2.28 bits per heavy atom. The molecule has 0 saturated carbocycles. The summed E-state index contributed by atoms with van der Waals surface area (Å²) < 4.78 is 5.99. The molecule has 0 bridgehead atoms. The minimum Gasteiger partial charge on any atom is -0.476 e. The van der Waals surface area contributed by atoms with Crippen LogP contribution >= 0.6 is 15.9 Å². The molecule has 3 aromatic rings. The molecule has 18 heavy (non-hydrogen) atoms. The van der Waals surface area contributed by atoms with E-state index < -0.39 is 5.97 Å². The number of para-hydroxylation sites is 1. The number of aromatic carboxylic acids is 1. The number of nitrogens with zero attached hydrogens (tertiary/aromatic N) is 1. The van der Waals surface area contributed by atoms with Gasteiger partial charge in [0.1, 0.15) is 0 Å². The number of rotatable bonds is 2. The Morgan fingerprint density at radius 3 is 3.00 bits per heavy atom. The molecule has 0 saturated heterocycles. The number of nitrogens with one attached hydrogen (secondary N) is 1. The monoisotopic (exact) mass is 306 g/mol. The zero-order chi connectivity index (χ0) is 12.7. The lowest BCUT2D eigenvalue weighted by Crippen LogP contribution is -1.94. The van der Waals surface area contributed by atoms with Crippen LogP contribution < -0.4 is 0 Å². The van der Waals surface area contributed by atoms with Crippen LogP contribution in [0.3, 0.4) is 0 Å². The molecule has 6 heteroatoms. The first kappa shape index (κ1) is 11.0. The molecule has 2 heterocycles. The van der Waals surface area contributed by atoms with E-state index in [1.54, 1.807) is 6.20 Å². The summed E-state index contributed by atoms with van der Waals surface area (Å²) >= 11 is 3.44. The van der Waals surface area contributed by atoms with Crippen LogP contribution in [0, 0.1) is 0 Å². The third kappa shape index (κ3) is 1.62. The fourth-order valence-corrected chi connectivity index (χ4v) is 2.30. The largest absolute Gasteiger partial charge is 0.476 e. The Bertz CT molecular complexity index is 745. The molecule has 0 radical (unpaired) electrons. The maximum Gasteiger partial charge on any atom is 0.358 e. The van der Waals surface area contributed by atoms with Gasteiger partial charge in [0.15, 0.2) is 11.5 Å². The number of hydrogen-bond acceptors (Lipinski definition) is 3. The first-order valence-electron chi connectivity index (χ1n) is 5.13. The first-order valence-corrected chi connectivity index (χ1v) is 5.92. The topological polar surface area (TPSA) is 79.1 Å². The van der Waals surface area contributed by atoms with Gasteiger partial charge < -0.3 is 14.6 Å². The van der Waals surface area contributed by atoms with E-state index in [1.165, 1.54) is 6.07 Å². The lowest BCUT2D eigenvalue weighted by molar-refractivity contribution is 0.0686. The second-order valence-electron chi connectivity index (χ2n) is 3.75. The van der Waals surface area contributed by atoms with Gasteiger partial charge in [0.2, 0.25) is 0 Å². The average molecular weight is 307 g/mol. The molecule has 0 aliphatic heterocycles. The molecular formula is C12H7BrN2O3. The number of carboxylic acid groups (broad SMARTS) is 1. The summed E-state index contributed by atoms with van der Waals surface area (Å²) in [6.07, 6.45) is 1.77. The number of H-pyrrole nitrogens is 1. The smallest absolute Gasteiger partial charge is 0.358 e. The van der Waals surface area contributed by atoms with E-state index in [0.717, 1.165) is 20.9 Å². The number of fused-ring (bicyclic) bond motifs is 1. The molecule has 0 aliphatic carbocycles. The summed E-state index contributed by atoms with van der Waals surface area (Å²) in [6.45, 7) is 0. The number of hydrogen-bond donors (Lipinski definition) is 2. The molecule has 5 nitrogen and oxygen atoms in total. The minimum atomic E-state index is -1.11. The summed E-state index contributed by atoms with van der Waals surface area (Å²) in [5, 5.41) is 13.3. The van der Waals surface area contributed by atoms with E-state index >= 15 is 0 Å². The van der Waals surface area contributed by atoms with Gasteiger partial charge in [0.25, 0.3) is 0 Å². The van der Waals surface area contributed by atoms with E-state index in [1.807, 2.05) is 18.2 Å². The van der Waals surface area contributed by atoms with Crippen LogP contribution in [0.15, 0.2) is 39.5 Å². The van der Waals surface area contributed by atoms with Gasteiger partial charge in [-0.15, -0.1) is 0 Å². The van der Waals surface area contributed by atoms with E-state index in [2.05, 4.69) is 26.1 Å². The van der Waals surface area contributed by atoms with Crippen LogP contribution in [-0.2, 0) is 0 Å². The van der Waals surface area contributed by atoms with Crippen molar-refractivity contribution < 1.29 is 14.4 Å². The molecule has 90 valence electrons. The van der Waals surface area contributed by atoms with Crippen LogP contribution in [0.25, 0.3) is 22.2 Å². The molecule has 0 unspecified atom stereocenters. The molecule has 0 spiro atoms. The molecule has 0 amide bonds. The zero-order valence-electron chi connectivity index (χ0n) is 8.98. The molecule has 3 rings (SSSR count). The zero-order valence-corrected chi connectivity index (χ0v) is 10.6. The highest BCUT2D eigenvalue weighted by Gasteiger charge is 2.15. The van der Waals surface area contributed by atoms with Crippen LogP contribution in [0.4, 0.5) is 0 Å². The first-order chi connectivity index (χ1) is 8.66. The van der Waals surface area contributed by atoms with Crippen LogP contribution in [-0.4, -0.2) is 21.2 Å². The molecule has 1 aromatic carbocycles.